The summed E-state index contributed by atoms with van der Waals surface area (Å²) in [7, 11) is 1.26. The first-order chi connectivity index (χ1) is 12.6. The van der Waals surface area contributed by atoms with E-state index < -0.39 is 29.6 Å². The molecular weight excluding hydrogens is 350 g/mol. The average molecular weight is 377 g/mol. The topological polar surface area (TPSA) is 86.6 Å². The molecule has 0 bridgehead atoms. The standard InChI is InChI=1S/C20H27NO6/c1-11-7-12(2)16(13(3)8-11)14-9-20(27-21-14,18(23)24-6)17(22)15-10-25-19(4,5)26-15/h7-8,15,17,22H,9-10H2,1-6H3/t15-,17-,20-/m1/s1. The van der Waals surface area contributed by atoms with Gasteiger partial charge in [0.05, 0.1) is 25.8 Å². The third-order valence-corrected chi connectivity index (χ3v) is 5.11. The number of methoxy groups -OCH3 is 1. The summed E-state index contributed by atoms with van der Waals surface area (Å²) in [4.78, 5) is 18.2. The molecule has 27 heavy (non-hydrogen) atoms. The smallest absolute Gasteiger partial charge is 0.356 e. The summed E-state index contributed by atoms with van der Waals surface area (Å²) in [5, 5.41) is 15.1. The summed E-state index contributed by atoms with van der Waals surface area (Å²) in [5.74, 6) is -1.53. The van der Waals surface area contributed by atoms with Crippen LogP contribution in [0.1, 0.15) is 42.5 Å². The lowest BCUT2D eigenvalue weighted by Crippen LogP contribution is -2.56. The molecule has 0 unspecified atom stereocenters. The van der Waals surface area contributed by atoms with Gasteiger partial charge < -0.3 is 24.2 Å². The van der Waals surface area contributed by atoms with Crippen LogP contribution < -0.4 is 0 Å². The number of carbonyl (C=O) groups is 1. The molecule has 0 aromatic heterocycles. The molecule has 1 aromatic carbocycles. The number of ether oxygens (including phenoxy) is 3. The Labute approximate surface area is 159 Å². The predicted molar refractivity (Wildman–Crippen MR) is 98.5 cm³/mol. The highest BCUT2D eigenvalue weighted by Gasteiger charge is 2.58. The quantitative estimate of drug-likeness (QED) is 0.809. The molecule has 7 heteroatoms. The zero-order chi connectivity index (χ0) is 20.0. The zero-order valence-electron chi connectivity index (χ0n) is 16.7. The second-order valence-corrected chi connectivity index (χ2v) is 7.77. The molecule has 3 atom stereocenters. The highest BCUT2D eigenvalue weighted by Crippen LogP contribution is 2.37. The Morgan fingerprint density at radius 1 is 1.30 bits per heavy atom. The third-order valence-electron chi connectivity index (χ3n) is 5.11. The lowest BCUT2D eigenvalue weighted by Gasteiger charge is -2.32. The van der Waals surface area contributed by atoms with Gasteiger partial charge in [-0.2, -0.15) is 0 Å². The molecule has 1 fully saturated rings. The minimum atomic E-state index is -1.66. The number of aliphatic hydroxyl groups is 1. The Morgan fingerprint density at radius 3 is 2.44 bits per heavy atom. The summed E-state index contributed by atoms with van der Waals surface area (Å²) >= 11 is 0. The van der Waals surface area contributed by atoms with Gasteiger partial charge in [0, 0.05) is 5.56 Å². The molecule has 2 heterocycles. The molecule has 1 saturated heterocycles. The Kier molecular flexibility index (Phi) is 5.05. The maximum atomic E-state index is 12.6. The van der Waals surface area contributed by atoms with Crippen LogP contribution in [0.2, 0.25) is 0 Å². The van der Waals surface area contributed by atoms with Gasteiger partial charge in [-0.15, -0.1) is 0 Å². The number of oxime groups is 1. The molecule has 0 saturated carbocycles. The lowest BCUT2D eigenvalue weighted by atomic mass is 9.84. The van der Waals surface area contributed by atoms with Gasteiger partial charge in [-0.25, -0.2) is 4.79 Å². The van der Waals surface area contributed by atoms with Gasteiger partial charge in [-0.1, -0.05) is 22.9 Å². The van der Waals surface area contributed by atoms with Gasteiger partial charge in [0.1, 0.15) is 12.2 Å². The normalized spacial score (nSPS) is 27.8. The molecule has 2 aliphatic rings. The Hall–Kier alpha value is -1.96. The van der Waals surface area contributed by atoms with E-state index in [-0.39, 0.29) is 13.0 Å². The molecule has 1 N–H and O–H groups in total. The fourth-order valence-electron chi connectivity index (χ4n) is 3.95. The van der Waals surface area contributed by atoms with Gasteiger partial charge in [0.25, 0.3) is 5.60 Å². The number of nitrogens with zero attached hydrogens (tertiary/aromatic N) is 1. The number of aryl methyl sites for hydroxylation is 3. The van der Waals surface area contributed by atoms with Crippen molar-refractivity contribution in [3.8, 4) is 0 Å². The second-order valence-electron chi connectivity index (χ2n) is 7.77. The highest BCUT2D eigenvalue weighted by molar-refractivity contribution is 6.07. The molecule has 0 amide bonds. The van der Waals surface area contributed by atoms with E-state index in [0.717, 1.165) is 22.3 Å². The van der Waals surface area contributed by atoms with E-state index >= 15 is 0 Å². The van der Waals surface area contributed by atoms with Crippen LogP contribution in [0.15, 0.2) is 17.3 Å². The lowest BCUT2D eigenvalue weighted by molar-refractivity contribution is -0.203. The Bertz CT molecular complexity index is 764. The number of carbonyl (C=O) groups excluding carboxylic acids is 1. The number of rotatable bonds is 4. The molecule has 1 aromatic rings. The molecule has 3 rings (SSSR count). The zero-order valence-corrected chi connectivity index (χ0v) is 16.7. The van der Waals surface area contributed by atoms with Crippen LogP contribution in [-0.2, 0) is 23.8 Å². The summed E-state index contributed by atoms with van der Waals surface area (Å²) in [6, 6.07) is 4.10. The maximum Gasteiger partial charge on any atom is 0.356 e. The largest absolute Gasteiger partial charge is 0.466 e. The van der Waals surface area contributed by atoms with E-state index in [1.165, 1.54) is 7.11 Å². The van der Waals surface area contributed by atoms with Gasteiger partial charge in [0.15, 0.2) is 5.79 Å². The first-order valence-electron chi connectivity index (χ1n) is 9.01. The maximum absolute atomic E-state index is 12.6. The van der Waals surface area contributed by atoms with Crippen LogP contribution in [-0.4, -0.2) is 54.1 Å². The fraction of sp³-hybridized carbons (Fsp3) is 0.600. The van der Waals surface area contributed by atoms with Crippen LogP contribution in [0.3, 0.4) is 0 Å². The number of benzene rings is 1. The molecule has 7 nitrogen and oxygen atoms in total. The van der Waals surface area contributed by atoms with Crippen molar-refractivity contribution in [3.05, 3.63) is 34.4 Å². The molecular formula is C20H27NO6. The molecule has 2 aliphatic heterocycles. The van der Waals surface area contributed by atoms with Crippen molar-refractivity contribution < 1.29 is 28.9 Å². The minimum Gasteiger partial charge on any atom is -0.466 e. The van der Waals surface area contributed by atoms with E-state index in [9.17, 15) is 9.90 Å². The Morgan fingerprint density at radius 2 is 1.93 bits per heavy atom. The molecule has 0 radical (unpaired) electrons. The van der Waals surface area contributed by atoms with Crippen molar-refractivity contribution in [2.75, 3.05) is 13.7 Å². The monoisotopic (exact) mass is 377 g/mol. The average Bonchev–Trinajstić information content (AvgIpc) is 3.17. The van der Waals surface area contributed by atoms with E-state index in [1.54, 1.807) is 13.8 Å². The summed E-state index contributed by atoms with van der Waals surface area (Å²) in [6.07, 6.45) is -1.93. The molecule has 0 aliphatic carbocycles. The number of hydrogen-bond donors (Lipinski definition) is 1. The number of esters is 1. The predicted octanol–water partition coefficient (Wildman–Crippen LogP) is 2.16. The van der Waals surface area contributed by atoms with E-state index in [2.05, 4.69) is 17.3 Å². The van der Waals surface area contributed by atoms with Crippen molar-refractivity contribution in [1.82, 2.24) is 0 Å². The SMILES string of the molecule is COC(=O)[C@]1([C@H](O)[C@H]2COC(C)(C)O2)CC(c2c(C)cc(C)cc2C)=NO1. The van der Waals surface area contributed by atoms with Crippen LogP contribution in [0.5, 0.6) is 0 Å². The minimum absolute atomic E-state index is 0.0892. The highest BCUT2D eigenvalue weighted by atomic mass is 16.8. The Balaban J connectivity index is 1.92. The van der Waals surface area contributed by atoms with Gasteiger partial charge in [-0.05, 0) is 45.7 Å². The van der Waals surface area contributed by atoms with Crippen LogP contribution in [0.4, 0.5) is 0 Å². The van der Waals surface area contributed by atoms with Crippen LogP contribution >= 0.6 is 0 Å². The first-order valence-corrected chi connectivity index (χ1v) is 9.01. The second kappa shape index (κ2) is 6.89. The van der Waals surface area contributed by atoms with Crippen molar-refractivity contribution >= 4 is 11.7 Å². The van der Waals surface area contributed by atoms with Crippen LogP contribution in [0, 0.1) is 20.8 Å². The first kappa shape index (κ1) is 19.8. The number of aliphatic hydroxyl groups excluding tert-OH is 1. The van der Waals surface area contributed by atoms with E-state index in [1.807, 2.05) is 20.8 Å². The van der Waals surface area contributed by atoms with Gasteiger partial charge in [-0.3, -0.25) is 0 Å². The van der Waals surface area contributed by atoms with Crippen molar-refractivity contribution in [3.63, 3.8) is 0 Å². The third kappa shape index (κ3) is 3.47. The summed E-state index contributed by atoms with van der Waals surface area (Å²) in [5.41, 5.74) is 3.07. The fourth-order valence-corrected chi connectivity index (χ4v) is 3.95. The van der Waals surface area contributed by atoms with E-state index in [0.29, 0.717) is 5.71 Å². The van der Waals surface area contributed by atoms with Crippen molar-refractivity contribution in [1.29, 1.82) is 0 Å². The van der Waals surface area contributed by atoms with Crippen LogP contribution in [0.25, 0.3) is 0 Å². The van der Waals surface area contributed by atoms with E-state index in [4.69, 9.17) is 19.0 Å². The van der Waals surface area contributed by atoms with Gasteiger partial charge in [0.2, 0.25) is 0 Å². The van der Waals surface area contributed by atoms with Crippen molar-refractivity contribution in [2.24, 2.45) is 5.16 Å². The van der Waals surface area contributed by atoms with Gasteiger partial charge >= 0.3 is 5.97 Å². The van der Waals surface area contributed by atoms with Crippen molar-refractivity contribution in [2.45, 2.75) is 64.6 Å². The molecule has 148 valence electrons. The summed E-state index contributed by atoms with van der Waals surface area (Å²) < 4.78 is 16.2. The number of hydrogen-bond acceptors (Lipinski definition) is 7. The molecule has 0 spiro atoms. The summed E-state index contributed by atoms with van der Waals surface area (Å²) in [6.45, 7) is 9.65.